The van der Waals surface area contributed by atoms with Gasteiger partial charge in [-0.05, 0) is 34.4 Å². The monoisotopic (exact) mass is 287 g/mol. The molecule has 3 aromatic rings. The first-order valence-corrected chi connectivity index (χ1v) is 7.68. The maximum absolute atomic E-state index is 9.39. The average molecular weight is 287 g/mol. The number of nitriles is 1. The predicted molar refractivity (Wildman–Crippen MR) is 91.3 cm³/mol. The molecule has 3 heteroatoms. The van der Waals surface area contributed by atoms with E-state index in [1.165, 1.54) is 11.1 Å². The maximum Gasteiger partial charge on any atom is 0.0998 e. The van der Waals surface area contributed by atoms with Crippen LogP contribution in [0.4, 0.5) is 5.69 Å². The van der Waals surface area contributed by atoms with Crippen LogP contribution in [0.25, 0.3) is 21.5 Å². The number of nitrogens with one attached hydrogen (secondary N) is 1. The van der Waals surface area contributed by atoms with Gasteiger partial charge < -0.3 is 10.2 Å². The van der Waals surface area contributed by atoms with Gasteiger partial charge in [-0.25, -0.2) is 0 Å². The minimum atomic E-state index is 0.748. The van der Waals surface area contributed by atoms with E-state index in [1.807, 2.05) is 24.3 Å². The van der Waals surface area contributed by atoms with Crippen LogP contribution in [0.3, 0.4) is 0 Å². The molecule has 1 saturated heterocycles. The molecule has 3 aromatic carbocycles. The normalized spacial score (nSPS) is 15.1. The van der Waals surface area contributed by atoms with Crippen molar-refractivity contribution in [3.63, 3.8) is 0 Å². The molecule has 0 amide bonds. The van der Waals surface area contributed by atoms with Crippen LogP contribution >= 0.6 is 0 Å². The Bertz CT molecular complexity index is 886. The minimum absolute atomic E-state index is 0.748. The number of hydrogen-bond donors (Lipinski definition) is 1. The summed E-state index contributed by atoms with van der Waals surface area (Å²) in [6, 6.07) is 19.1. The summed E-state index contributed by atoms with van der Waals surface area (Å²) >= 11 is 0. The van der Waals surface area contributed by atoms with E-state index in [1.54, 1.807) is 0 Å². The molecule has 108 valence electrons. The average Bonchev–Trinajstić information content (AvgIpc) is 2.61. The number of anilines is 1. The van der Waals surface area contributed by atoms with E-state index < -0.39 is 0 Å². The number of piperazine rings is 1. The molecule has 0 bridgehead atoms. The number of fused-ring (bicyclic) bond motifs is 3. The molecular weight excluding hydrogens is 270 g/mol. The molecule has 4 rings (SSSR count). The van der Waals surface area contributed by atoms with E-state index in [2.05, 4.69) is 40.6 Å². The fourth-order valence-electron chi connectivity index (χ4n) is 3.30. The highest BCUT2D eigenvalue weighted by Crippen LogP contribution is 2.31. The Kier molecular flexibility index (Phi) is 3.17. The largest absolute Gasteiger partial charge is 0.369 e. The van der Waals surface area contributed by atoms with Crippen molar-refractivity contribution in [1.29, 1.82) is 5.26 Å². The van der Waals surface area contributed by atoms with Gasteiger partial charge in [0.1, 0.15) is 0 Å². The zero-order valence-electron chi connectivity index (χ0n) is 12.3. The summed E-state index contributed by atoms with van der Waals surface area (Å²) < 4.78 is 0. The first-order valence-electron chi connectivity index (χ1n) is 7.68. The second-order valence-electron chi connectivity index (χ2n) is 5.72. The van der Waals surface area contributed by atoms with Crippen molar-refractivity contribution in [3.05, 3.63) is 54.1 Å². The lowest BCUT2D eigenvalue weighted by molar-refractivity contribution is 0.589. The van der Waals surface area contributed by atoms with Gasteiger partial charge in [0, 0.05) is 37.3 Å². The van der Waals surface area contributed by atoms with Gasteiger partial charge in [0.25, 0.3) is 0 Å². The number of hydrogen-bond acceptors (Lipinski definition) is 3. The van der Waals surface area contributed by atoms with Gasteiger partial charge in [0.15, 0.2) is 0 Å². The zero-order chi connectivity index (χ0) is 14.9. The summed E-state index contributed by atoms with van der Waals surface area (Å²) in [6.45, 7) is 4.15. The molecule has 3 nitrogen and oxygen atoms in total. The zero-order valence-corrected chi connectivity index (χ0v) is 12.3. The smallest absolute Gasteiger partial charge is 0.0998 e. The quantitative estimate of drug-likeness (QED) is 0.698. The lowest BCUT2D eigenvalue weighted by Crippen LogP contribution is -2.43. The van der Waals surface area contributed by atoms with Gasteiger partial charge in [0.2, 0.25) is 0 Å². The SMILES string of the molecule is N#Cc1cc2ccc(N3CCNCC3)cc2c2ccccc12. The summed E-state index contributed by atoms with van der Waals surface area (Å²) in [6.07, 6.45) is 0. The Balaban J connectivity index is 1.95. The first kappa shape index (κ1) is 13.1. The van der Waals surface area contributed by atoms with E-state index in [9.17, 15) is 5.26 Å². The lowest BCUT2D eigenvalue weighted by Gasteiger charge is -2.29. The maximum atomic E-state index is 9.39. The van der Waals surface area contributed by atoms with Gasteiger partial charge in [-0.15, -0.1) is 0 Å². The van der Waals surface area contributed by atoms with Crippen LogP contribution in [0.1, 0.15) is 5.56 Å². The molecule has 0 aromatic heterocycles. The van der Waals surface area contributed by atoms with Crippen molar-refractivity contribution >= 4 is 27.2 Å². The molecular formula is C19H17N3. The summed E-state index contributed by atoms with van der Waals surface area (Å²) in [5.74, 6) is 0. The molecule has 1 N–H and O–H groups in total. The van der Waals surface area contributed by atoms with E-state index in [-0.39, 0.29) is 0 Å². The van der Waals surface area contributed by atoms with Crippen molar-refractivity contribution in [2.75, 3.05) is 31.1 Å². The molecule has 0 atom stereocenters. The van der Waals surface area contributed by atoms with Crippen LogP contribution in [0, 0.1) is 11.3 Å². The molecule has 1 aliphatic heterocycles. The highest BCUT2D eigenvalue weighted by molar-refractivity contribution is 6.10. The predicted octanol–water partition coefficient (Wildman–Crippen LogP) is 3.27. The Morgan fingerprint density at radius 3 is 2.45 bits per heavy atom. The molecule has 0 saturated carbocycles. The third-order valence-electron chi connectivity index (χ3n) is 4.45. The van der Waals surface area contributed by atoms with Gasteiger partial charge in [-0.3, -0.25) is 0 Å². The van der Waals surface area contributed by atoms with Gasteiger partial charge in [-0.2, -0.15) is 5.26 Å². The van der Waals surface area contributed by atoms with Crippen molar-refractivity contribution in [2.24, 2.45) is 0 Å². The fraction of sp³-hybridized carbons (Fsp3) is 0.211. The minimum Gasteiger partial charge on any atom is -0.369 e. The molecule has 0 aliphatic carbocycles. The standard InChI is InChI=1S/C19H17N3/c20-13-15-11-14-5-6-16(22-9-7-21-8-10-22)12-19(14)18-4-2-1-3-17(15)18/h1-6,11-12,21H,7-10H2. The van der Waals surface area contributed by atoms with Crippen molar-refractivity contribution in [1.82, 2.24) is 5.32 Å². The Morgan fingerprint density at radius 2 is 1.68 bits per heavy atom. The van der Waals surface area contributed by atoms with Crippen LogP contribution in [-0.2, 0) is 0 Å². The Labute approximate surface area is 129 Å². The highest BCUT2D eigenvalue weighted by Gasteiger charge is 2.12. The van der Waals surface area contributed by atoms with E-state index in [4.69, 9.17) is 0 Å². The van der Waals surface area contributed by atoms with E-state index in [0.717, 1.165) is 47.9 Å². The van der Waals surface area contributed by atoms with E-state index >= 15 is 0 Å². The fourth-order valence-corrected chi connectivity index (χ4v) is 3.30. The molecule has 22 heavy (non-hydrogen) atoms. The molecule has 1 fully saturated rings. The third-order valence-corrected chi connectivity index (χ3v) is 4.45. The number of benzene rings is 3. The van der Waals surface area contributed by atoms with Crippen LogP contribution in [0.15, 0.2) is 48.5 Å². The van der Waals surface area contributed by atoms with Crippen LogP contribution < -0.4 is 10.2 Å². The summed E-state index contributed by atoms with van der Waals surface area (Å²) in [4.78, 5) is 2.42. The van der Waals surface area contributed by atoms with Gasteiger partial charge >= 0.3 is 0 Å². The van der Waals surface area contributed by atoms with Crippen molar-refractivity contribution in [3.8, 4) is 6.07 Å². The topological polar surface area (TPSA) is 39.1 Å². The van der Waals surface area contributed by atoms with Gasteiger partial charge in [-0.1, -0.05) is 30.3 Å². The summed E-state index contributed by atoms with van der Waals surface area (Å²) in [5, 5.41) is 17.3. The molecule has 1 heterocycles. The summed E-state index contributed by atoms with van der Waals surface area (Å²) in [5.41, 5.74) is 2.02. The van der Waals surface area contributed by atoms with Crippen molar-refractivity contribution in [2.45, 2.75) is 0 Å². The molecule has 0 radical (unpaired) electrons. The first-order chi connectivity index (χ1) is 10.9. The molecule has 0 spiro atoms. The Morgan fingerprint density at radius 1 is 0.909 bits per heavy atom. The van der Waals surface area contributed by atoms with Crippen LogP contribution in [0.2, 0.25) is 0 Å². The summed E-state index contributed by atoms with van der Waals surface area (Å²) in [7, 11) is 0. The second-order valence-corrected chi connectivity index (χ2v) is 5.72. The third kappa shape index (κ3) is 2.09. The Hall–Kier alpha value is -2.57. The van der Waals surface area contributed by atoms with E-state index in [0.29, 0.717) is 0 Å². The molecule has 1 aliphatic rings. The second kappa shape index (κ2) is 5.32. The van der Waals surface area contributed by atoms with Crippen molar-refractivity contribution < 1.29 is 0 Å². The van der Waals surface area contributed by atoms with Gasteiger partial charge in [0.05, 0.1) is 11.6 Å². The lowest BCUT2D eigenvalue weighted by atomic mass is 9.97. The van der Waals surface area contributed by atoms with Crippen LogP contribution in [0.5, 0.6) is 0 Å². The molecule has 0 unspecified atom stereocenters. The number of rotatable bonds is 1. The highest BCUT2D eigenvalue weighted by atomic mass is 15.2. The van der Waals surface area contributed by atoms with Crippen LogP contribution in [-0.4, -0.2) is 26.2 Å². The number of nitrogens with zero attached hydrogens (tertiary/aromatic N) is 2.